The topological polar surface area (TPSA) is 87.2 Å². The van der Waals surface area contributed by atoms with E-state index in [0.717, 1.165) is 59.7 Å². The van der Waals surface area contributed by atoms with Gasteiger partial charge in [0.15, 0.2) is 32.9 Å². The normalized spacial score (nSPS) is 11.8. The van der Waals surface area contributed by atoms with Crippen molar-refractivity contribution >= 4 is 97.8 Å². The third-order valence-electron chi connectivity index (χ3n) is 9.32. The molecule has 0 bridgehead atoms. The Bertz CT molecular complexity index is 3190. The average molecular weight is 827 g/mol. The number of fused-ring (bicyclic) bond motifs is 8. The lowest BCUT2D eigenvalue weighted by Gasteiger charge is -2.09. The van der Waals surface area contributed by atoms with Gasteiger partial charge < -0.3 is 7.80 Å². The van der Waals surface area contributed by atoms with Crippen molar-refractivity contribution in [1.29, 1.82) is 0 Å². The zero-order valence-electron chi connectivity index (χ0n) is 26.9. The molecular formula is C41H23IN4O4S2. The van der Waals surface area contributed by atoms with Crippen LogP contribution in [-0.2, 0) is 6.61 Å². The molecule has 0 atom stereocenters. The van der Waals surface area contributed by atoms with Gasteiger partial charge in [0.05, 0.1) is 42.2 Å². The number of nitrogens with zero attached hydrogens (tertiary/aromatic N) is 4. The maximum absolute atomic E-state index is 13.8. The van der Waals surface area contributed by atoms with Crippen LogP contribution in [0.3, 0.4) is 0 Å². The first kappa shape index (κ1) is 31.1. The van der Waals surface area contributed by atoms with Crippen molar-refractivity contribution in [2.24, 2.45) is 0 Å². The second-order valence-corrected chi connectivity index (χ2v) is 14.9. The highest BCUT2D eigenvalue weighted by Crippen LogP contribution is 2.34. The van der Waals surface area contributed by atoms with Gasteiger partial charge in [-0.3, -0.25) is 18.4 Å². The number of aromatic nitrogens is 4. The molecule has 0 amide bonds. The van der Waals surface area contributed by atoms with Crippen LogP contribution in [0.4, 0.5) is 0 Å². The quantitative estimate of drug-likeness (QED) is 0.155. The molecule has 10 aromatic rings. The Balaban J connectivity index is 0.915. The summed E-state index contributed by atoms with van der Waals surface area (Å²) >= 11 is 4.88. The van der Waals surface area contributed by atoms with Gasteiger partial charge in [0, 0.05) is 5.56 Å². The lowest BCUT2D eigenvalue weighted by Crippen LogP contribution is -2.13. The largest absolute Gasteiger partial charge is 0.489 e. The van der Waals surface area contributed by atoms with Gasteiger partial charge in [-0.15, -0.1) is 0 Å². The molecule has 0 aliphatic rings. The number of halogens is 1. The van der Waals surface area contributed by atoms with Crippen molar-refractivity contribution in [1.82, 2.24) is 18.8 Å². The molecule has 52 heavy (non-hydrogen) atoms. The first-order chi connectivity index (χ1) is 25.5. The Morgan fingerprint density at radius 1 is 0.596 bits per heavy atom. The molecule has 0 N–H and O–H groups in total. The van der Waals surface area contributed by atoms with Gasteiger partial charge in [-0.1, -0.05) is 83.3 Å². The summed E-state index contributed by atoms with van der Waals surface area (Å²) in [4.78, 5) is 38.4. The number of hydrogen-bond acceptors (Lipinski definition) is 8. The molecule has 0 saturated heterocycles. The minimum Gasteiger partial charge on any atom is -0.489 e. The number of hydrogen-bond donors (Lipinski definition) is 0. The van der Waals surface area contributed by atoms with Crippen LogP contribution in [0, 0.1) is 0 Å². The second kappa shape index (κ2) is 12.3. The summed E-state index contributed by atoms with van der Waals surface area (Å²) in [6, 6.07) is 41.1. The summed E-state index contributed by atoms with van der Waals surface area (Å²) in [5, 5.41) is 1.13. The Morgan fingerprint density at radius 3 is 1.96 bits per heavy atom. The van der Waals surface area contributed by atoms with Crippen LogP contribution >= 0.6 is 45.7 Å². The molecule has 11 heteroatoms. The van der Waals surface area contributed by atoms with E-state index in [1.807, 2.05) is 144 Å². The van der Waals surface area contributed by atoms with Crippen molar-refractivity contribution in [2.45, 2.75) is 6.61 Å². The van der Waals surface area contributed by atoms with E-state index in [1.165, 1.54) is 22.7 Å². The standard InChI is InChI=1S/C41H23IN4O4S2/c42-50-35-7-3-1-5-28(35)26-13-17-32-30(21-26)39(48)46-34-18-9-23(19-37(34)52-41(46)44-32)22-49-27-14-10-24(11-15-27)25-12-16-31-29(20-25)38(47)45-33-6-2-4-8-36(33)51-40(45)43-31/h1-21H,22H2. The van der Waals surface area contributed by atoms with E-state index < -0.39 is 0 Å². The molecule has 10 rings (SSSR count). The van der Waals surface area contributed by atoms with E-state index in [0.29, 0.717) is 38.3 Å². The van der Waals surface area contributed by atoms with Crippen molar-refractivity contribution in [2.75, 3.05) is 0 Å². The van der Waals surface area contributed by atoms with Crippen LogP contribution in [0.2, 0.25) is 0 Å². The predicted molar refractivity (Wildman–Crippen MR) is 219 cm³/mol. The molecule has 250 valence electrons. The van der Waals surface area contributed by atoms with Gasteiger partial charge >= 0.3 is 0 Å². The van der Waals surface area contributed by atoms with Crippen LogP contribution in [0.15, 0.2) is 137 Å². The summed E-state index contributed by atoms with van der Waals surface area (Å²) in [5.74, 6) is 1.46. The Hall–Kier alpha value is -5.63. The summed E-state index contributed by atoms with van der Waals surface area (Å²) in [6.45, 7) is 0.360. The fourth-order valence-corrected chi connectivity index (χ4v) is 9.26. The third-order valence-corrected chi connectivity index (χ3v) is 11.8. The highest BCUT2D eigenvalue weighted by Gasteiger charge is 2.16. The molecule has 0 radical (unpaired) electrons. The van der Waals surface area contributed by atoms with E-state index in [2.05, 4.69) is 6.07 Å². The third kappa shape index (κ3) is 5.06. The van der Waals surface area contributed by atoms with Crippen LogP contribution in [0.5, 0.6) is 11.5 Å². The zero-order valence-corrected chi connectivity index (χ0v) is 30.7. The molecule has 4 heterocycles. The highest BCUT2D eigenvalue weighted by atomic mass is 127. The van der Waals surface area contributed by atoms with Crippen LogP contribution < -0.4 is 18.9 Å². The number of rotatable bonds is 6. The lowest BCUT2D eigenvalue weighted by atomic mass is 10.0. The fourth-order valence-electron chi connectivity index (χ4n) is 6.76. The SMILES string of the molecule is O=c1c2cc(-c3ccc(OCc4ccc5c(c4)sc4nc6ccc(-c7ccccc7OI)cc6c(=O)n45)cc3)ccc2nc2sc3ccccc3n12. The van der Waals surface area contributed by atoms with Gasteiger partial charge in [0.2, 0.25) is 0 Å². The monoisotopic (exact) mass is 826 g/mol. The van der Waals surface area contributed by atoms with Crippen LogP contribution in [0.25, 0.3) is 74.4 Å². The van der Waals surface area contributed by atoms with Gasteiger partial charge in [-0.2, -0.15) is 0 Å². The van der Waals surface area contributed by atoms with E-state index in [-0.39, 0.29) is 11.1 Å². The molecule has 0 fully saturated rings. The molecule has 8 nitrogen and oxygen atoms in total. The van der Waals surface area contributed by atoms with E-state index in [4.69, 9.17) is 17.8 Å². The Kier molecular flexibility index (Phi) is 7.34. The van der Waals surface area contributed by atoms with E-state index in [9.17, 15) is 9.59 Å². The molecule has 6 aromatic carbocycles. The van der Waals surface area contributed by atoms with Gasteiger partial charge in [-0.05, 0) is 89.0 Å². The van der Waals surface area contributed by atoms with Gasteiger partial charge in [-0.25, -0.2) is 9.97 Å². The van der Waals surface area contributed by atoms with Gasteiger partial charge in [0.1, 0.15) is 18.1 Å². The maximum atomic E-state index is 13.8. The van der Waals surface area contributed by atoms with Crippen LogP contribution in [-0.4, -0.2) is 18.8 Å². The van der Waals surface area contributed by atoms with E-state index in [1.54, 1.807) is 8.80 Å². The molecule has 0 unspecified atom stereocenters. The van der Waals surface area contributed by atoms with Crippen LogP contribution in [0.1, 0.15) is 5.56 Å². The minimum absolute atomic E-state index is 0.0678. The Labute approximate surface area is 316 Å². The van der Waals surface area contributed by atoms with Crippen molar-refractivity contribution in [3.63, 3.8) is 0 Å². The molecule has 4 aromatic heterocycles. The van der Waals surface area contributed by atoms with Gasteiger partial charge in [0.25, 0.3) is 11.1 Å². The number of thiazole rings is 2. The molecule has 0 saturated carbocycles. The molecular weight excluding hydrogens is 804 g/mol. The second-order valence-electron chi connectivity index (χ2n) is 12.4. The first-order valence-corrected chi connectivity index (χ1v) is 18.9. The average Bonchev–Trinajstić information content (AvgIpc) is 3.75. The maximum Gasteiger partial charge on any atom is 0.266 e. The van der Waals surface area contributed by atoms with Crippen molar-refractivity contribution < 1.29 is 7.80 Å². The van der Waals surface area contributed by atoms with E-state index >= 15 is 0 Å². The smallest absolute Gasteiger partial charge is 0.266 e. The summed E-state index contributed by atoms with van der Waals surface area (Å²) in [6.07, 6.45) is 0. The Morgan fingerprint density at radius 2 is 1.21 bits per heavy atom. The summed E-state index contributed by atoms with van der Waals surface area (Å²) in [5.41, 5.74) is 7.54. The number of benzene rings is 6. The fraction of sp³-hybridized carbons (Fsp3) is 0.0244. The zero-order chi connectivity index (χ0) is 34.9. The lowest BCUT2D eigenvalue weighted by molar-refractivity contribution is 0.306. The molecule has 0 aliphatic heterocycles. The predicted octanol–water partition coefficient (Wildman–Crippen LogP) is 10.1. The first-order valence-electron chi connectivity index (χ1n) is 16.4. The molecule has 0 aliphatic carbocycles. The highest BCUT2D eigenvalue weighted by molar-refractivity contribution is 14.1. The van der Waals surface area contributed by atoms with Crippen molar-refractivity contribution in [3.8, 4) is 33.8 Å². The number of ether oxygens (including phenoxy) is 1. The number of para-hydroxylation sites is 2. The molecule has 0 spiro atoms. The summed E-state index contributed by atoms with van der Waals surface area (Å²) < 4.78 is 17.1. The minimum atomic E-state index is -0.105. The summed E-state index contributed by atoms with van der Waals surface area (Å²) in [7, 11) is 0. The van der Waals surface area contributed by atoms with Crippen molar-refractivity contribution in [3.05, 3.63) is 154 Å².